The first-order valence-corrected chi connectivity index (χ1v) is 10.6. The molecular weight excluding hydrogens is 423 g/mol. The summed E-state index contributed by atoms with van der Waals surface area (Å²) in [6, 6.07) is 6.55. The van der Waals surface area contributed by atoms with Gasteiger partial charge in [0, 0.05) is 0 Å². The van der Waals surface area contributed by atoms with Crippen LogP contribution >= 0.6 is 22.6 Å². The lowest BCUT2D eigenvalue weighted by Crippen LogP contribution is -2.07. The number of benzene rings is 1. The van der Waals surface area contributed by atoms with E-state index in [0.29, 0.717) is 5.88 Å². The van der Waals surface area contributed by atoms with E-state index in [2.05, 4.69) is 50.8 Å². The van der Waals surface area contributed by atoms with Crippen LogP contribution in [-0.4, -0.2) is 9.97 Å². The highest BCUT2D eigenvalue weighted by atomic mass is 127. The zero-order valence-corrected chi connectivity index (χ0v) is 16.7. The Labute approximate surface area is 163 Å². The van der Waals surface area contributed by atoms with E-state index in [9.17, 15) is 0 Å². The van der Waals surface area contributed by atoms with Gasteiger partial charge in [-0.2, -0.15) is 0 Å². The van der Waals surface area contributed by atoms with E-state index in [0.717, 1.165) is 21.3 Å². The number of hydrogen-bond donors (Lipinski definition) is 0. The lowest BCUT2D eigenvalue weighted by molar-refractivity contribution is 0.345. The molecule has 1 atom stereocenters. The van der Waals surface area contributed by atoms with Gasteiger partial charge in [-0.15, -0.1) is 0 Å². The van der Waals surface area contributed by atoms with Crippen LogP contribution in [0, 0.1) is 15.5 Å². The first kappa shape index (κ1) is 17.3. The number of fused-ring (bicyclic) bond motifs is 1. The summed E-state index contributed by atoms with van der Waals surface area (Å²) in [7, 11) is 0. The van der Waals surface area contributed by atoms with E-state index in [1.54, 1.807) is 12.4 Å². The van der Waals surface area contributed by atoms with Crippen LogP contribution < -0.4 is 4.74 Å². The Morgan fingerprint density at radius 1 is 0.920 bits per heavy atom. The molecule has 0 amide bonds. The molecule has 25 heavy (non-hydrogen) atoms. The highest BCUT2D eigenvalue weighted by Gasteiger charge is 2.22. The monoisotopic (exact) mass is 448 g/mol. The molecule has 2 aromatic rings. The average molecular weight is 448 g/mol. The topological polar surface area (TPSA) is 35.0 Å². The van der Waals surface area contributed by atoms with Crippen molar-refractivity contribution in [2.45, 2.75) is 57.8 Å². The lowest BCUT2D eigenvalue weighted by atomic mass is 9.88. The maximum Gasteiger partial charge on any atom is 0.237 e. The van der Waals surface area contributed by atoms with Gasteiger partial charge in [-0.25, -0.2) is 9.97 Å². The van der Waals surface area contributed by atoms with Gasteiger partial charge >= 0.3 is 0 Å². The van der Waals surface area contributed by atoms with E-state index in [1.165, 1.54) is 68.9 Å². The summed E-state index contributed by atoms with van der Waals surface area (Å²) < 4.78 is 6.77. The smallest absolute Gasteiger partial charge is 0.237 e. The SMILES string of the molecule is Ic1cnc(Oc2ccc3c(c2)CCC(CC2CCCC2)CC3)cn1. The van der Waals surface area contributed by atoms with Crippen LogP contribution in [0.4, 0.5) is 0 Å². The summed E-state index contributed by atoms with van der Waals surface area (Å²) in [5.74, 6) is 3.35. The fourth-order valence-corrected chi connectivity index (χ4v) is 4.71. The predicted octanol–water partition coefficient (Wildman–Crippen LogP) is 5.95. The summed E-state index contributed by atoms with van der Waals surface area (Å²) in [6.07, 6.45) is 15.8. The highest BCUT2D eigenvalue weighted by Crippen LogP contribution is 2.36. The predicted molar refractivity (Wildman–Crippen MR) is 108 cm³/mol. The van der Waals surface area contributed by atoms with Crippen molar-refractivity contribution in [3.05, 3.63) is 45.4 Å². The van der Waals surface area contributed by atoms with Gasteiger partial charge in [0.05, 0.1) is 12.4 Å². The van der Waals surface area contributed by atoms with Gasteiger partial charge in [0.2, 0.25) is 5.88 Å². The van der Waals surface area contributed by atoms with Gasteiger partial charge < -0.3 is 4.74 Å². The molecule has 1 aromatic heterocycles. The van der Waals surface area contributed by atoms with Crippen LogP contribution in [0.1, 0.15) is 56.1 Å². The van der Waals surface area contributed by atoms with Crippen molar-refractivity contribution in [1.29, 1.82) is 0 Å². The fourth-order valence-electron chi connectivity index (χ4n) is 4.43. The largest absolute Gasteiger partial charge is 0.437 e. The van der Waals surface area contributed by atoms with Gasteiger partial charge in [0.15, 0.2) is 0 Å². The second-order valence-electron chi connectivity index (χ2n) is 7.54. The third-order valence-corrected chi connectivity index (χ3v) is 6.34. The van der Waals surface area contributed by atoms with Crippen molar-refractivity contribution in [3.8, 4) is 11.6 Å². The molecule has 0 aliphatic heterocycles. The van der Waals surface area contributed by atoms with Crippen molar-refractivity contribution >= 4 is 22.6 Å². The summed E-state index contributed by atoms with van der Waals surface area (Å²) in [5, 5.41) is 0. The van der Waals surface area contributed by atoms with Crippen LogP contribution in [0.5, 0.6) is 11.6 Å². The molecule has 0 saturated heterocycles. The maximum atomic E-state index is 5.90. The zero-order chi connectivity index (χ0) is 17.1. The molecule has 4 rings (SSSR count). The number of ether oxygens (including phenoxy) is 1. The van der Waals surface area contributed by atoms with E-state index < -0.39 is 0 Å². The Hall–Kier alpha value is -1.17. The van der Waals surface area contributed by atoms with Crippen molar-refractivity contribution < 1.29 is 4.74 Å². The molecule has 1 aromatic carbocycles. The zero-order valence-electron chi connectivity index (χ0n) is 14.6. The minimum Gasteiger partial charge on any atom is -0.437 e. The van der Waals surface area contributed by atoms with E-state index in [-0.39, 0.29) is 0 Å². The third kappa shape index (κ3) is 4.52. The fraction of sp³-hybridized carbons (Fsp3) is 0.524. The molecule has 0 spiro atoms. The van der Waals surface area contributed by atoms with Gasteiger partial charge in [0.1, 0.15) is 9.45 Å². The molecule has 2 aliphatic carbocycles. The Kier molecular flexibility index (Phi) is 5.54. The van der Waals surface area contributed by atoms with Crippen LogP contribution in [0.25, 0.3) is 0 Å². The number of aromatic nitrogens is 2. The molecule has 3 nitrogen and oxygen atoms in total. The molecular formula is C21H25IN2O. The molecule has 0 N–H and O–H groups in total. The molecule has 1 heterocycles. The van der Waals surface area contributed by atoms with E-state index in [4.69, 9.17) is 4.74 Å². The van der Waals surface area contributed by atoms with Crippen LogP contribution in [0.15, 0.2) is 30.6 Å². The molecule has 2 aliphatic rings. The number of hydrogen-bond acceptors (Lipinski definition) is 3. The highest BCUT2D eigenvalue weighted by molar-refractivity contribution is 14.1. The van der Waals surface area contributed by atoms with Crippen LogP contribution in [0.2, 0.25) is 0 Å². The lowest BCUT2D eigenvalue weighted by Gasteiger charge is -2.18. The molecule has 4 heteroatoms. The first-order chi connectivity index (χ1) is 12.3. The van der Waals surface area contributed by atoms with Gasteiger partial charge in [-0.3, -0.25) is 0 Å². The van der Waals surface area contributed by atoms with Crippen molar-refractivity contribution in [1.82, 2.24) is 9.97 Å². The molecule has 1 unspecified atom stereocenters. The molecule has 0 bridgehead atoms. The number of rotatable bonds is 4. The Morgan fingerprint density at radius 2 is 1.68 bits per heavy atom. The Balaban J connectivity index is 1.41. The van der Waals surface area contributed by atoms with Gasteiger partial charge in [0.25, 0.3) is 0 Å². The average Bonchev–Trinajstić information content (AvgIpc) is 3.05. The Bertz CT molecular complexity index is 710. The maximum absolute atomic E-state index is 5.90. The number of nitrogens with zero attached hydrogens (tertiary/aromatic N) is 2. The number of aryl methyl sites for hydroxylation is 2. The third-order valence-electron chi connectivity index (χ3n) is 5.78. The van der Waals surface area contributed by atoms with E-state index in [1.807, 2.05) is 0 Å². The van der Waals surface area contributed by atoms with E-state index >= 15 is 0 Å². The standard InChI is InChI=1S/C21H25IN2O/c22-20-13-24-21(14-23-20)25-19-10-9-17-7-5-16(6-8-18(17)12-19)11-15-3-1-2-4-15/h9-10,12-16H,1-8,11H2. The molecule has 1 saturated carbocycles. The van der Waals surface area contributed by atoms with Crippen molar-refractivity contribution in [2.24, 2.45) is 11.8 Å². The Morgan fingerprint density at radius 3 is 2.44 bits per heavy atom. The van der Waals surface area contributed by atoms with Gasteiger partial charge in [-0.05, 0) is 89.8 Å². The van der Waals surface area contributed by atoms with Crippen molar-refractivity contribution in [2.75, 3.05) is 0 Å². The van der Waals surface area contributed by atoms with Gasteiger partial charge in [-0.1, -0.05) is 31.7 Å². The quantitative estimate of drug-likeness (QED) is 0.429. The summed E-state index contributed by atoms with van der Waals surface area (Å²) in [4.78, 5) is 8.52. The summed E-state index contributed by atoms with van der Waals surface area (Å²) >= 11 is 2.15. The molecule has 0 radical (unpaired) electrons. The minimum absolute atomic E-state index is 0.563. The second-order valence-corrected chi connectivity index (χ2v) is 8.64. The minimum atomic E-state index is 0.563. The molecule has 132 valence electrons. The van der Waals surface area contributed by atoms with Crippen LogP contribution in [0.3, 0.4) is 0 Å². The first-order valence-electron chi connectivity index (χ1n) is 9.53. The normalized spacial score (nSPS) is 20.9. The summed E-state index contributed by atoms with van der Waals surface area (Å²) in [5.41, 5.74) is 2.97. The number of halogens is 1. The van der Waals surface area contributed by atoms with Crippen molar-refractivity contribution in [3.63, 3.8) is 0 Å². The van der Waals surface area contributed by atoms with Crippen LogP contribution in [-0.2, 0) is 12.8 Å². The molecule has 1 fully saturated rings. The summed E-state index contributed by atoms with van der Waals surface area (Å²) in [6.45, 7) is 0. The second kappa shape index (κ2) is 8.02.